The third-order valence-corrected chi connectivity index (χ3v) is 2.27. The molecule has 0 bridgehead atoms. The monoisotopic (exact) mass is 179 g/mol. The molecule has 0 fully saturated rings. The van der Waals surface area contributed by atoms with Crippen molar-refractivity contribution in [1.29, 1.82) is 0 Å². The maximum Gasteiger partial charge on any atom is 0.0722 e. The van der Waals surface area contributed by atoms with Crippen LogP contribution in [0.15, 0.2) is 18.2 Å². The predicted octanol–water partition coefficient (Wildman–Crippen LogP) is 1.64. The summed E-state index contributed by atoms with van der Waals surface area (Å²) >= 11 is 0. The van der Waals surface area contributed by atoms with E-state index in [0.717, 1.165) is 19.6 Å². The Hall–Kier alpha value is -0.860. The lowest BCUT2D eigenvalue weighted by Crippen LogP contribution is -2.10. The van der Waals surface area contributed by atoms with Crippen molar-refractivity contribution >= 4 is 0 Å². The van der Waals surface area contributed by atoms with Crippen molar-refractivity contribution in [2.45, 2.75) is 20.0 Å². The first kappa shape index (κ1) is 10.2. The zero-order valence-electron chi connectivity index (χ0n) is 8.34. The van der Waals surface area contributed by atoms with Crippen LogP contribution in [-0.2, 0) is 17.8 Å². The molecule has 0 aliphatic carbocycles. The predicted molar refractivity (Wildman–Crippen MR) is 54.7 cm³/mol. The molecule has 0 atom stereocenters. The summed E-state index contributed by atoms with van der Waals surface area (Å²) in [4.78, 5) is 0. The molecule has 0 spiro atoms. The van der Waals surface area contributed by atoms with Crippen LogP contribution in [0.3, 0.4) is 0 Å². The van der Waals surface area contributed by atoms with E-state index < -0.39 is 0 Å². The van der Waals surface area contributed by atoms with E-state index >= 15 is 0 Å². The summed E-state index contributed by atoms with van der Waals surface area (Å²) in [5, 5.41) is 0. The first-order valence-electron chi connectivity index (χ1n) is 4.61. The van der Waals surface area contributed by atoms with Crippen LogP contribution in [0, 0.1) is 6.92 Å². The summed E-state index contributed by atoms with van der Waals surface area (Å²) in [6, 6.07) is 6.47. The third-order valence-electron chi connectivity index (χ3n) is 2.27. The number of fused-ring (bicyclic) bond motifs is 1. The van der Waals surface area contributed by atoms with E-state index in [1.807, 2.05) is 0 Å². The van der Waals surface area contributed by atoms with Crippen molar-refractivity contribution in [2.75, 3.05) is 13.7 Å². The van der Waals surface area contributed by atoms with Crippen molar-refractivity contribution < 1.29 is 4.74 Å². The van der Waals surface area contributed by atoms with E-state index in [1.54, 1.807) is 0 Å². The maximum atomic E-state index is 5.38. The first-order valence-corrected chi connectivity index (χ1v) is 4.61. The summed E-state index contributed by atoms with van der Waals surface area (Å²) in [6.45, 7) is 3.84. The van der Waals surface area contributed by atoms with Crippen molar-refractivity contribution in [2.24, 2.45) is 5.73 Å². The van der Waals surface area contributed by atoms with Crippen molar-refractivity contribution in [3.05, 3.63) is 34.9 Å². The molecule has 0 aromatic heterocycles. The number of rotatable bonds is 0. The van der Waals surface area contributed by atoms with Gasteiger partial charge in [-0.15, -0.1) is 0 Å². The third kappa shape index (κ3) is 2.29. The number of nitrogens with two attached hydrogens (primary N) is 1. The molecule has 2 nitrogen and oxygen atoms in total. The molecular formula is C11H17NO. The standard InChI is InChI=1S/C10H12O.CH5N/c1-8-3-2-4-9-5-6-11-7-10(8)9;1-2/h2-4H,5-7H2,1H3;2H2,1H3. The van der Waals surface area contributed by atoms with Gasteiger partial charge in [-0.25, -0.2) is 0 Å². The van der Waals surface area contributed by atoms with Crippen LogP contribution < -0.4 is 5.73 Å². The van der Waals surface area contributed by atoms with Crippen LogP contribution in [0.4, 0.5) is 0 Å². The smallest absolute Gasteiger partial charge is 0.0722 e. The SMILES string of the molecule is CN.Cc1cccc2c1COCC2. The second-order valence-electron chi connectivity index (χ2n) is 3.02. The van der Waals surface area contributed by atoms with Crippen LogP contribution in [0.25, 0.3) is 0 Å². The molecule has 13 heavy (non-hydrogen) atoms. The van der Waals surface area contributed by atoms with Gasteiger partial charge >= 0.3 is 0 Å². The Labute approximate surface area is 79.7 Å². The molecule has 1 aromatic rings. The van der Waals surface area contributed by atoms with Crippen LogP contribution in [0.2, 0.25) is 0 Å². The molecule has 0 amide bonds. The summed E-state index contributed by atoms with van der Waals surface area (Å²) < 4.78 is 5.38. The lowest BCUT2D eigenvalue weighted by molar-refractivity contribution is 0.110. The van der Waals surface area contributed by atoms with Gasteiger partial charge in [0.05, 0.1) is 13.2 Å². The van der Waals surface area contributed by atoms with E-state index in [2.05, 4.69) is 30.9 Å². The normalized spacial score (nSPS) is 14.1. The lowest BCUT2D eigenvalue weighted by atomic mass is 9.99. The largest absolute Gasteiger partial charge is 0.376 e. The average Bonchev–Trinajstić information content (AvgIpc) is 2.22. The van der Waals surface area contributed by atoms with Gasteiger partial charge in [-0.1, -0.05) is 18.2 Å². The van der Waals surface area contributed by atoms with Gasteiger partial charge in [0.15, 0.2) is 0 Å². The molecule has 0 saturated heterocycles. The minimum absolute atomic E-state index is 0.808. The fourth-order valence-corrected chi connectivity index (χ4v) is 1.56. The number of aryl methyl sites for hydroxylation is 1. The van der Waals surface area contributed by atoms with Gasteiger partial charge in [0.25, 0.3) is 0 Å². The van der Waals surface area contributed by atoms with Crippen LogP contribution in [0.5, 0.6) is 0 Å². The topological polar surface area (TPSA) is 35.2 Å². The Kier molecular flexibility index (Phi) is 3.93. The van der Waals surface area contributed by atoms with E-state index in [4.69, 9.17) is 4.74 Å². The van der Waals surface area contributed by atoms with E-state index in [0.29, 0.717) is 0 Å². The fourth-order valence-electron chi connectivity index (χ4n) is 1.56. The Morgan fingerprint density at radius 3 is 2.77 bits per heavy atom. The molecule has 0 radical (unpaired) electrons. The maximum absolute atomic E-state index is 5.38. The molecule has 72 valence electrons. The highest BCUT2D eigenvalue weighted by molar-refractivity contribution is 5.34. The Morgan fingerprint density at radius 1 is 1.31 bits per heavy atom. The van der Waals surface area contributed by atoms with E-state index in [-0.39, 0.29) is 0 Å². The van der Waals surface area contributed by atoms with Gasteiger partial charge in [0, 0.05) is 0 Å². The van der Waals surface area contributed by atoms with Crippen LogP contribution in [0.1, 0.15) is 16.7 Å². The minimum Gasteiger partial charge on any atom is -0.376 e. The van der Waals surface area contributed by atoms with E-state index in [1.165, 1.54) is 23.7 Å². The highest BCUT2D eigenvalue weighted by Gasteiger charge is 2.09. The van der Waals surface area contributed by atoms with Gasteiger partial charge in [-0.2, -0.15) is 0 Å². The van der Waals surface area contributed by atoms with Gasteiger partial charge in [0.2, 0.25) is 0 Å². The van der Waals surface area contributed by atoms with Gasteiger partial charge < -0.3 is 10.5 Å². The highest BCUT2D eigenvalue weighted by atomic mass is 16.5. The first-order chi connectivity index (χ1) is 6.38. The second-order valence-corrected chi connectivity index (χ2v) is 3.02. The molecule has 2 rings (SSSR count). The summed E-state index contributed by atoms with van der Waals surface area (Å²) in [6.07, 6.45) is 1.08. The molecule has 1 heterocycles. The summed E-state index contributed by atoms with van der Waals surface area (Å²) in [7, 11) is 1.50. The Bertz CT molecular complexity index is 271. The number of hydrogen-bond acceptors (Lipinski definition) is 2. The fraction of sp³-hybridized carbons (Fsp3) is 0.455. The van der Waals surface area contributed by atoms with Gasteiger partial charge in [-0.3, -0.25) is 0 Å². The molecule has 1 aliphatic heterocycles. The molecule has 2 N–H and O–H groups in total. The Morgan fingerprint density at radius 2 is 2.08 bits per heavy atom. The number of hydrogen-bond donors (Lipinski definition) is 1. The lowest BCUT2D eigenvalue weighted by Gasteiger charge is -2.17. The van der Waals surface area contributed by atoms with Crippen molar-refractivity contribution in [3.8, 4) is 0 Å². The number of benzene rings is 1. The second kappa shape index (κ2) is 5.00. The zero-order chi connectivity index (χ0) is 9.68. The van der Waals surface area contributed by atoms with E-state index in [9.17, 15) is 0 Å². The average molecular weight is 179 g/mol. The molecule has 0 unspecified atom stereocenters. The minimum atomic E-state index is 0.808. The molecule has 1 aromatic carbocycles. The molecular weight excluding hydrogens is 162 g/mol. The zero-order valence-corrected chi connectivity index (χ0v) is 8.34. The van der Waals surface area contributed by atoms with Gasteiger partial charge in [0.1, 0.15) is 0 Å². The van der Waals surface area contributed by atoms with Crippen LogP contribution in [-0.4, -0.2) is 13.7 Å². The summed E-state index contributed by atoms with van der Waals surface area (Å²) in [5.41, 5.74) is 8.73. The molecule has 0 saturated carbocycles. The highest BCUT2D eigenvalue weighted by Crippen LogP contribution is 2.19. The Balaban J connectivity index is 0.000000396. The van der Waals surface area contributed by atoms with Crippen molar-refractivity contribution in [1.82, 2.24) is 0 Å². The van der Waals surface area contributed by atoms with Crippen molar-refractivity contribution in [3.63, 3.8) is 0 Å². The quantitative estimate of drug-likeness (QED) is 0.657. The molecule has 2 heteroatoms. The van der Waals surface area contributed by atoms with Crippen LogP contribution >= 0.6 is 0 Å². The molecule has 1 aliphatic rings. The number of ether oxygens (including phenoxy) is 1. The summed E-state index contributed by atoms with van der Waals surface area (Å²) in [5.74, 6) is 0. The van der Waals surface area contributed by atoms with Gasteiger partial charge in [-0.05, 0) is 37.1 Å².